The fourth-order valence-electron chi connectivity index (χ4n) is 5.18. The number of ketones is 2. The van der Waals surface area contributed by atoms with Gasteiger partial charge in [-0.1, -0.05) is 46.8 Å². The molecular weight excluding hydrogens is 392 g/mol. The van der Waals surface area contributed by atoms with E-state index < -0.39 is 17.9 Å². The summed E-state index contributed by atoms with van der Waals surface area (Å²) in [7, 11) is 0. The average Bonchev–Trinajstić information content (AvgIpc) is 2.62. The number of Topliss-reactive ketones (excluding diaryl/α,β-unsaturated/α-hetero) is 2. The SMILES string of the molecule is CCCOc1ccc([C@@H](C2=C(O)CC(C)(C)CC2=O)[C@H]2C(=O)CC(C)(C)C[C@@H]2O)cc1. The molecular formula is C26H36O5. The fraction of sp³-hybridized carbons (Fsp3) is 0.615. The lowest BCUT2D eigenvalue weighted by atomic mass is 9.62. The molecule has 0 unspecified atom stereocenters. The second-order valence-electron chi connectivity index (χ2n) is 10.8. The Morgan fingerprint density at radius 1 is 1.03 bits per heavy atom. The largest absolute Gasteiger partial charge is 0.512 e. The van der Waals surface area contributed by atoms with E-state index in [1.807, 2.05) is 58.9 Å². The number of benzene rings is 1. The molecule has 1 saturated carbocycles. The molecule has 0 spiro atoms. The Labute approximate surface area is 185 Å². The highest BCUT2D eigenvalue weighted by Crippen LogP contribution is 2.48. The van der Waals surface area contributed by atoms with Gasteiger partial charge in [0.2, 0.25) is 0 Å². The summed E-state index contributed by atoms with van der Waals surface area (Å²) < 4.78 is 5.68. The molecule has 2 aliphatic rings. The van der Waals surface area contributed by atoms with Gasteiger partial charge in [-0.05, 0) is 41.4 Å². The van der Waals surface area contributed by atoms with E-state index in [-0.39, 0.29) is 28.2 Å². The number of aliphatic hydroxyl groups is 2. The van der Waals surface area contributed by atoms with Crippen LogP contribution in [0, 0.1) is 16.7 Å². The van der Waals surface area contributed by atoms with Crippen LogP contribution in [0.25, 0.3) is 0 Å². The predicted octanol–water partition coefficient (Wildman–Crippen LogP) is 5.13. The first-order valence-electron chi connectivity index (χ1n) is 11.3. The third kappa shape index (κ3) is 5.20. The zero-order valence-corrected chi connectivity index (χ0v) is 19.4. The molecule has 0 bridgehead atoms. The minimum Gasteiger partial charge on any atom is -0.512 e. The molecule has 1 aromatic carbocycles. The summed E-state index contributed by atoms with van der Waals surface area (Å²) in [4.78, 5) is 26.4. The van der Waals surface area contributed by atoms with Crippen molar-refractivity contribution in [2.45, 2.75) is 78.7 Å². The van der Waals surface area contributed by atoms with Crippen LogP contribution in [0.5, 0.6) is 5.75 Å². The number of carbonyl (C=O) groups is 2. The van der Waals surface area contributed by atoms with E-state index in [9.17, 15) is 19.8 Å². The van der Waals surface area contributed by atoms with Gasteiger partial charge in [0.15, 0.2) is 5.78 Å². The van der Waals surface area contributed by atoms with Crippen LogP contribution in [0.1, 0.15) is 78.2 Å². The van der Waals surface area contributed by atoms with Gasteiger partial charge >= 0.3 is 0 Å². The van der Waals surface area contributed by atoms with Gasteiger partial charge in [-0.3, -0.25) is 9.59 Å². The molecule has 3 atom stereocenters. The third-order valence-electron chi connectivity index (χ3n) is 6.48. The van der Waals surface area contributed by atoms with Crippen molar-refractivity contribution in [1.29, 1.82) is 0 Å². The minimum atomic E-state index is -0.875. The van der Waals surface area contributed by atoms with Gasteiger partial charge in [0.05, 0.1) is 18.6 Å². The van der Waals surface area contributed by atoms with Crippen molar-refractivity contribution in [3.63, 3.8) is 0 Å². The van der Waals surface area contributed by atoms with Crippen molar-refractivity contribution >= 4 is 11.6 Å². The quantitative estimate of drug-likeness (QED) is 0.656. The van der Waals surface area contributed by atoms with E-state index in [1.165, 1.54) is 0 Å². The van der Waals surface area contributed by atoms with Gasteiger partial charge in [0.25, 0.3) is 0 Å². The number of aliphatic hydroxyl groups excluding tert-OH is 2. The Bertz CT molecular complexity index is 862. The molecule has 5 nitrogen and oxygen atoms in total. The summed E-state index contributed by atoms with van der Waals surface area (Å²) in [6.45, 7) is 10.5. The first-order valence-corrected chi connectivity index (χ1v) is 11.3. The van der Waals surface area contributed by atoms with Crippen LogP contribution in [0.3, 0.4) is 0 Å². The maximum atomic E-state index is 13.2. The lowest BCUT2D eigenvalue weighted by molar-refractivity contribution is -0.135. The van der Waals surface area contributed by atoms with E-state index in [0.717, 1.165) is 17.7 Å². The van der Waals surface area contributed by atoms with Gasteiger partial charge in [-0.15, -0.1) is 0 Å². The molecule has 2 aliphatic carbocycles. The van der Waals surface area contributed by atoms with Gasteiger partial charge in [-0.25, -0.2) is 0 Å². The Morgan fingerprint density at radius 3 is 2.23 bits per heavy atom. The molecule has 0 aliphatic heterocycles. The van der Waals surface area contributed by atoms with Crippen LogP contribution in [-0.4, -0.2) is 34.5 Å². The smallest absolute Gasteiger partial charge is 0.163 e. The molecule has 0 saturated heterocycles. The highest BCUT2D eigenvalue weighted by atomic mass is 16.5. The molecule has 2 N–H and O–H groups in total. The topological polar surface area (TPSA) is 83.8 Å². The highest BCUT2D eigenvalue weighted by Gasteiger charge is 2.48. The van der Waals surface area contributed by atoms with Crippen molar-refractivity contribution in [3.8, 4) is 5.75 Å². The summed E-state index contributed by atoms with van der Waals surface area (Å²) in [6, 6.07) is 7.36. The summed E-state index contributed by atoms with van der Waals surface area (Å²) in [5.41, 5.74) is 0.420. The second-order valence-corrected chi connectivity index (χ2v) is 10.8. The van der Waals surface area contributed by atoms with Crippen molar-refractivity contribution in [3.05, 3.63) is 41.2 Å². The zero-order valence-electron chi connectivity index (χ0n) is 19.4. The molecule has 0 radical (unpaired) electrons. The van der Waals surface area contributed by atoms with Crippen molar-refractivity contribution < 1.29 is 24.5 Å². The first-order chi connectivity index (χ1) is 14.4. The van der Waals surface area contributed by atoms with Gasteiger partial charge < -0.3 is 14.9 Å². The number of allylic oxidation sites excluding steroid dienone is 2. The molecule has 1 aromatic rings. The van der Waals surface area contributed by atoms with Gasteiger partial charge in [0, 0.05) is 30.8 Å². The lowest BCUT2D eigenvalue weighted by Crippen LogP contribution is -2.45. The van der Waals surface area contributed by atoms with Crippen LogP contribution in [0.2, 0.25) is 0 Å². The van der Waals surface area contributed by atoms with E-state index in [0.29, 0.717) is 37.9 Å². The van der Waals surface area contributed by atoms with E-state index in [1.54, 1.807) is 0 Å². The number of hydrogen-bond acceptors (Lipinski definition) is 5. The summed E-state index contributed by atoms with van der Waals surface area (Å²) in [6.07, 6.45) is 1.53. The van der Waals surface area contributed by atoms with E-state index in [2.05, 4.69) is 0 Å². The Balaban J connectivity index is 2.07. The third-order valence-corrected chi connectivity index (χ3v) is 6.48. The van der Waals surface area contributed by atoms with E-state index in [4.69, 9.17) is 4.74 Å². The number of ether oxygens (including phenoxy) is 1. The van der Waals surface area contributed by atoms with Gasteiger partial charge in [-0.2, -0.15) is 0 Å². The zero-order chi connectivity index (χ0) is 23.0. The van der Waals surface area contributed by atoms with Gasteiger partial charge in [0.1, 0.15) is 17.3 Å². The summed E-state index contributed by atoms with van der Waals surface area (Å²) in [5.74, 6) is -0.856. The number of rotatable bonds is 6. The number of hydrogen-bond donors (Lipinski definition) is 2. The normalized spacial score (nSPS) is 26.6. The first kappa shape index (κ1) is 23.5. The standard InChI is InChI=1S/C26H36O5/c1-6-11-31-17-9-7-16(8-10-17)22(23-18(27)12-25(2,3)13-19(23)28)24-20(29)14-26(4,5)15-21(24)30/h7-10,18,22-23,27,29H,6,11-15H2,1-5H3/t18-,22+,23+/m0/s1. The van der Waals surface area contributed by atoms with Crippen LogP contribution < -0.4 is 4.74 Å². The van der Waals surface area contributed by atoms with Crippen LogP contribution in [0.15, 0.2) is 35.6 Å². The molecule has 170 valence electrons. The average molecular weight is 429 g/mol. The molecule has 0 amide bonds. The highest BCUT2D eigenvalue weighted by molar-refractivity contribution is 6.00. The van der Waals surface area contributed by atoms with Crippen molar-refractivity contribution in [2.24, 2.45) is 16.7 Å². The lowest BCUT2D eigenvalue weighted by Gasteiger charge is -2.42. The summed E-state index contributed by atoms with van der Waals surface area (Å²) >= 11 is 0. The Hall–Kier alpha value is -2.14. The van der Waals surface area contributed by atoms with E-state index >= 15 is 0 Å². The Kier molecular flexibility index (Phi) is 6.66. The molecule has 1 fully saturated rings. The number of carbonyl (C=O) groups excluding carboxylic acids is 2. The molecule has 31 heavy (non-hydrogen) atoms. The fourth-order valence-corrected chi connectivity index (χ4v) is 5.18. The maximum Gasteiger partial charge on any atom is 0.163 e. The molecule has 0 heterocycles. The molecule has 0 aromatic heterocycles. The van der Waals surface area contributed by atoms with Crippen molar-refractivity contribution in [1.82, 2.24) is 0 Å². The minimum absolute atomic E-state index is 0.0439. The Morgan fingerprint density at radius 2 is 1.68 bits per heavy atom. The monoisotopic (exact) mass is 428 g/mol. The predicted molar refractivity (Wildman–Crippen MR) is 120 cm³/mol. The second kappa shape index (κ2) is 8.78. The molecule has 3 rings (SSSR count). The molecule has 5 heteroatoms. The van der Waals surface area contributed by atoms with Crippen LogP contribution in [0.4, 0.5) is 0 Å². The maximum absolute atomic E-state index is 13.2. The van der Waals surface area contributed by atoms with Crippen molar-refractivity contribution in [2.75, 3.05) is 6.61 Å². The van der Waals surface area contributed by atoms with Crippen LogP contribution >= 0.6 is 0 Å². The summed E-state index contributed by atoms with van der Waals surface area (Å²) in [5, 5.41) is 21.9. The van der Waals surface area contributed by atoms with Crippen LogP contribution in [-0.2, 0) is 9.59 Å².